The van der Waals surface area contributed by atoms with Gasteiger partial charge in [-0.3, -0.25) is 4.79 Å². The van der Waals surface area contributed by atoms with E-state index in [-0.39, 0.29) is 12.1 Å². The lowest BCUT2D eigenvalue weighted by Gasteiger charge is -2.36. The molecule has 0 radical (unpaired) electrons. The second-order valence-electron chi connectivity index (χ2n) is 4.45. The highest BCUT2D eigenvalue weighted by molar-refractivity contribution is 5.70. The molecule has 1 aromatic carbocycles. The highest BCUT2D eigenvalue weighted by atomic mass is 16.5. The van der Waals surface area contributed by atoms with Gasteiger partial charge in [0.15, 0.2) is 0 Å². The first-order valence-electron chi connectivity index (χ1n) is 5.62. The Morgan fingerprint density at radius 3 is 2.87 bits per heavy atom. The summed E-state index contributed by atoms with van der Waals surface area (Å²) in [5, 5.41) is 0. The topological polar surface area (TPSA) is 26.3 Å². The zero-order valence-electron chi connectivity index (χ0n) is 8.61. The number of aryl methyl sites for hydroxylation is 1. The number of ether oxygens (including phenoxy) is 1. The fourth-order valence-electron chi connectivity index (χ4n) is 2.74. The van der Waals surface area contributed by atoms with Crippen LogP contribution < -0.4 is 0 Å². The van der Waals surface area contributed by atoms with Crippen LogP contribution >= 0.6 is 0 Å². The van der Waals surface area contributed by atoms with Crippen molar-refractivity contribution in [3.05, 3.63) is 35.4 Å². The van der Waals surface area contributed by atoms with E-state index in [1.54, 1.807) is 0 Å². The Morgan fingerprint density at radius 1 is 1.13 bits per heavy atom. The summed E-state index contributed by atoms with van der Waals surface area (Å²) in [6.45, 7) is 0. The molecule has 78 valence electrons. The van der Waals surface area contributed by atoms with Crippen molar-refractivity contribution >= 4 is 5.97 Å². The van der Waals surface area contributed by atoms with Crippen molar-refractivity contribution in [1.29, 1.82) is 0 Å². The Bertz CT molecular complexity index is 397. The molecule has 1 heterocycles. The lowest BCUT2D eigenvalue weighted by Crippen LogP contribution is -2.30. The quantitative estimate of drug-likeness (QED) is 0.604. The van der Waals surface area contributed by atoms with Gasteiger partial charge in [0.2, 0.25) is 0 Å². The van der Waals surface area contributed by atoms with E-state index in [0.29, 0.717) is 12.3 Å². The van der Waals surface area contributed by atoms with Crippen LogP contribution in [0.3, 0.4) is 0 Å². The molecule has 15 heavy (non-hydrogen) atoms. The van der Waals surface area contributed by atoms with Crippen LogP contribution in [0.25, 0.3) is 0 Å². The predicted octanol–water partition coefficient (Wildman–Crippen LogP) is 2.63. The molecule has 1 fully saturated rings. The number of benzene rings is 1. The van der Waals surface area contributed by atoms with Crippen molar-refractivity contribution in [1.82, 2.24) is 0 Å². The molecule has 3 rings (SSSR count). The molecule has 0 bridgehead atoms. The predicted molar refractivity (Wildman–Crippen MR) is 56.3 cm³/mol. The molecule has 2 nitrogen and oxygen atoms in total. The smallest absolute Gasteiger partial charge is 0.306 e. The Balaban J connectivity index is 2.00. The Morgan fingerprint density at radius 2 is 1.93 bits per heavy atom. The monoisotopic (exact) mass is 202 g/mol. The molecular formula is C13H14O2. The van der Waals surface area contributed by atoms with Crippen LogP contribution in [-0.2, 0) is 16.0 Å². The van der Waals surface area contributed by atoms with Gasteiger partial charge in [0.25, 0.3) is 0 Å². The second-order valence-corrected chi connectivity index (χ2v) is 4.45. The maximum absolute atomic E-state index is 11.3. The van der Waals surface area contributed by atoms with E-state index in [1.807, 2.05) is 6.07 Å². The third-order valence-corrected chi connectivity index (χ3v) is 3.55. The largest absolute Gasteiger partial charge is 0.457 e. The zero-order valence-corrected chi connectivity index (χ0v) is 8.61. The van der Waals surface area contributed by atoms with Crippen LogP contribution in [0.5, 0.6) is 0 Å². The lowest BCUT2D eigenvalue weighted by molar-refractivity contribution is -0.159. The number of esters is 1. The third kappa shape index (κ3) is 1.44. The summed E-state index contributed by atoms with van der Waals surface area (Å²) in [5.41, 5.74) is 2.59. The summed E-state index contributed by atoms with van der Waals surface area (Å²) in [5.74, 6) is 0.519. The second kappa shape index (κ2) is 3.37. The first-order valence-corrected chi connectivity index (χ1v) is 5.62. The van der Waals surface area contributed by atoms with Gasteiger partial charge >= 0.3 is 5.97 Å². The van der Waals surface area contributed by atoms with Crippen molar-refractivity contribution in [2.75, 3.05) is 0 Å². The summed E-state index contributed by atoms with van der Waals surface area (Å²) < 4.78 is 5.48. The van der Waals surface area contributed by atoms with E-state index in [2.05, 4.69) is 18.2 Å². The maximum atomic E-state index is 11.3. The summed E-state index contributed by atoms with van der Waals surface area (Å²) in [6, 6.07) is 8.34. The fourth-order valence-corrected chi connectivity index (χ4v) is 2.74. The Labute approximate surface area is 89.2 Å². The first kappa shape index (κ1) is 8.96. The van der Waals surface area contributed by atoms with E-state index in [4.69, 9.17) is 4.74 Å². The van der Waals surface area contributed by atoms with Crippen molar-refractivity contribution < 1.29 is 9.53 Å². The van der Waals surface area contributed by atoms with E-state index >= 15 is 0 Å². The minimum Gasteiger partial charge on any atom is -0.457 e. The fraction of sp³-hybridized carbons (Fsp3) is 0.462. The van der Waals surface area contributed by atoms with E-state index in [9.17, 15) is 4.79 Å². The Kier molecular flexibility index (Phi) is 2.01. The summed E-state index contributed by atoms with van der Waals surface area (Å²) >= 11 is 0. The van der Waals surface area contributed by atoms with Gasteiger partial charge in [0, 0.05) is 12.3 Å². The zero-order chi connectivity index (χ0) is 10.3. The molecule has 0 saturated carbocycles. The van der Waals surface area contributed by atoms with Gasteiger partial charge in [-0.25, -0.2) is 0 Å². The van der Waals surface area contributed by atoms with Gasteiger partial charge in [0.1, 0.15) is 6.10 Å². The number of carbonyl (C=O) groups is 1. The lowest BCUT2D eigenvalue weighted by atomic mass is 9.78. The summed E-state index contributed by atoms with van der Waals surface area (Å²) in [6.07, 6.45) is 3.93. The number of hydrogen-bond donors (Lipinski definition) is 0. The van der Waals surface area contributed by atoms with E-state index in [0.717, 1.165) is 19.3 Å². The van der Waals surface area contributed by atoms with Crippen LogP contribution in [0, 0.1) is 5.92 Å². The van der Waals surface area contributed by atoms with Crippen LogP contribution in [0.4, 0.5) is 0 Å². The molecule has 1 saturated heterocycles. The molecule has 1 aromatic rings. The molecule has 2 aliphatic rings. The summed E-state index contributed by atoms with van der Waals surface area (Å²) in [7, 11) is 0. The highest BCUT2D eigenvalue weighted by Crippen LogP contribution is 2.42. The standard InChI is InChI=1S/C13H14O2/c14-12-8-7-10-6-5-9-3-1-2-4-11(9)13(10)15-12/h1-4,10,13H,5-8H2/t10-,13-/m1/s1. The molecule has 0 amide bonds. The molecule has 0 unspecified atom stereocenters. The van der Waals surface area contributed by atoms with E-state index in [1.165, 1.54) is 11.1 Å². The van der Waals surface area contributed by atoms with Crippen molar-refractivity contribution in [2.24, 2.45) is 5.92 Å². The molecule has 1 aliphatic heterocycles. The van der Waals surface area contributed by atoms with Gasteiger partial charge in [-0.2, -0.15) is 0 Å². The van der Waals surface area contributed by atoms with Crippen LogP contribution in [0.2, 0.25) is 0 Å². The number of fused-ring (bicyclic) bond motifs is 3. The van der Waals surface area contributed by atoms with Gasteiger partial charge in [0.05, 0.1) is 0 Å². The van der Waals surface area contributed by atoms with Crippen LogP contribution in [0.1, 0.15) is 36.5 Å². The average Bonchev–Trinajstić information content (AvgIpc) is 2.29. The molecule has 2 heteroatoms. The normalized spacial score (nSPS) is 28.9. The third-order valence-electron chi connectivity index (χ3n) is 3.55. The van der Waals surface area contributed by atoms with Crippen LogP contribution in [-0.4, -0.2) is 5.97 Å². The minimum atomic E-state index is -0.0343. The van der Waals surface area contributed by atoms with Gasteiger partial charge in [-0.1, -0.05) is 24.3 Å². The number of hydrogen-bond acceptors (Lipinski definition) is 2. The van der Waals surface area contributed by atoms with Gasteiger partial charge < -0.3 is 4.74 Å². The van der Waals surface area contributed by atoms with Crippen LogP contribution in [0.15, 0.2) is 24.3 Å². The molecule has 0 N–H and O–H groups in total. The van der Waals surface area contributed by atoms with Gasteiger partial charge in [-0.05, 0) is 30.4 Å². The summed E-state index contributed by atoms with van der Waals surface area (Å²) in [4.78, 5) is 11.3. The average molecular weight is 202 g/mol. The Hall–Kier alpha value is -1.31. The van der Waals surface area contributed by atoms with Crippen molar-refractivity contribution in [3.8, 4) is 0 Å². The van der Waals surface area contributed by atoms with Crippen molar-refractivity contribution in [3.63, 3.8) is 0 Å². The van der Waals surface area contributed by atoms with Gasteiger partial charge in [-0.15, -0.1) is 0 Å². The number of rotatable bonds is 0. The number of carbonyl (C=O) groups excluding carboxylic acids is 1. The minimum absolute atomic E-state index is 0.0343. The van der Waals surface area contributed by atoms with Crippen molar-refractivity contribution in [2.45, 2.75) is 31.8 Å². The molecule has 0 aromatic heterocycles. The molecule has 0 spiro atoms. The first-order chi connectivity index (χ1) is 7.34. The van der Waals surface area contributed by atoms with E-state index < -0.39 is 0 Å². The SMILES string of the molecule is O=C1CC[C@H]2CCc3ccccc3[C@@H]2O1. The molecule has 1 aliphatic carbocycles. The maximum Gasteiger partial charge on any atom is 0.306 e. The molecule has 2 atom stereocenters. The highest BCUT2D eigenvalue weighted by Gasteiger charge is 2.35. The molecular weight excluding hydrogens is 188 g/mol.